The van der Waals surface area contributed by atoms with Gasteiger partial charge >= 0.3 is 0 Å². The fourth-order valence-corrected chi connectivity index (χ4v) is 6.39. The van der Waals surface area contributed by atoms with Crippen LogP contribution in [0.3, 0.4) is 0 Å². The van der Waals surface area contributed by atoms with Crippen LogP contribution in [0.25, 0.3) is 11.0 Å². The second-order valence-corrected chi connectivity index (χ2v) is 11.0. The maximum atomic E-state index is 11.8. The van der Waals surface area contributed by atoms with Gasteiger partial charge in [0.15, 0.2) is 5.65 Å². The van der Waals surface area contributed by atoms with Crippen LogP contribution in [0, 0.1) is 17.3 Å². The number of allylic oxidation sites excluding steroid dienone is 1. The number of carbonyl (C=O) groups excluding carboxylic acids is 1. The molecular formula is C27H39N5O. The smallest absolute Gasteiger partial charge is 0.220 e. The molecule has 0 spiro atoms. The first-order chi connectivity index (χ1) is 16.0. The standard InChI is InChI=1S/C27H39N5O/c1-4-6-24(33)28-13-16-32-26-22(7-5-12-29-26)25(30-32)19-10-14-31(15-11-19)18-20-8-9-21-17-23(20)27(21,2)3/h5,7-8,12,19,21,23H,4,6,9-11,13-18H2,1-3H3,(H,28,33). The third-order valence-electron chi connectivity index (χ3n) is 8.62. The Labute approximate surface area is 197 Å². The number of hydrogen-bond acceptors (Lipinski definition) is 4. The number of amides is 1. The molecule has 0 aromatic carbocycles. The van der Waals surface area contributed by atoms with Gasteiger partial charge in [-0.1, -0.05) is 32.4 Å². The van der Waals surface area contributed by atoms with E-state index >= 15 is 0 Å². The molecule has 2 aromatic rings. The highest BCUT2D eigenvalue weighted by atomic mass is 16.1. The Morgan fingerprint density at radius 3 is 2.82 bits per heavy atom. The van der Waals surface area contributed by atoms with Crippen LogP contribution in [0.2, 0.25) is 0 Å². The normalized spacial score (nSPS) is 25.0. The number of carbonyl (C=O) groups is 1. The van der Waals surface area contributed by atoms with Gasteiger partial charge in [0.2, 0.25) is 5.91 Å². The Bertz CT molecular complexity index is 1030. The van der Waals surface area contributed by atoms with Crippen LogP contribution in [0.15, 0.2) is 30.0 Å². The number of rotatable bonds is 8. The molecule has 2 fully saturated rings. The molecule has 6 nitrogen and oxygen atoms in total. The van der Waals surface area contributed by atoms with Gasteiger partial charge in [0, 0.05) is 37.0 Å². The molecule has 2 bridgehead atoms. The SMILES string of the molecule is CCCC(=O)NCCn1nc(C2CCN(CC3=CCC4CC3C4(C)C)CC2)c2cccnc21. The van der Waals surface area contributed by atoms with Crippen molar-refractivity contribution in [2.24, 2.45) is 17.3 Å². The van der Waals surface area contributed by atoms with Crippen LogP contribution in [0.5, 0.6) is 0 Å². The van der Waals surface area contributed by atoms with E-state index in [4.69, 9.17) is 5.10 Å². The van der Waals surface area contributed by atoms with Crippen LogP contribution in [0.4, 0.5) is 0 Å². The van der Waals surface area contributed by atoms with Crippen molar-refractivity contribution in [1.29, 1.82) is 0 Å². The lowest BCUT2D eigenvalue weighted by Gasteiger charge is -2.57. The first-order valence-corrected chi connectivity index (χ1v) is 13.0. The van der Waals surface area contributed by atoms with Crippen molar-refractivity contribution < 1.29 is 4.79 Å². The number of pyridine rings is 1. The highest BCUT2D eigenvalue weighted by Gasteiger charge is 2.51. The lowest BCUT2D eigenvalue weighted by molar-refractivity contribution is -0.121. The lowest BCUT2D eigenvalue weighted by Crippen LogP contribution is -2.50. The number of nitrogens with zero attached hydrogens (tertiary/aromatic N) is 4. The fourth-order valence-electron chi connectivity index (χ4n) is 6.39. The summed E-state index contributed by atoms with van der Waals surface area (Å²) in [6.07, 6.45) is 10.8. The number of fused-ring (bicyclic) bond motifs is 2. The third kappa shape index (κ3) is 4.34. The van der Waals surface area contributed by atoms with Crippen LogP contribution < -0.4 is 5.32 Å². The van der Waals surface area contributed by atoms with Gasteiger partial charge in [-0.15, -0.1) is 0 Å². The van der Waals surface area contributed by atoms with Crippen LogP contribution >= 0.6 is 0 Å². The van der Waals surface area contributed by atoms with E-state index in [2.05, 4.69) is 41.2 Å². The largest absolute Gasteiger partial charge is 0.354 e. The Hall–Kier alpha value is -2.21. The van der Waals surface area contributed by atoms with Gasteiger partial charge in [0.05, 0.1) is 12.2 Å². The zero-order valence-electron chi connectivity index (χ0n) is 20.5. The number of aromatic nitrogens is 3. The topological polar surface area (TPSA) is 63.1 Å². The van der Waals surface area contributed by atoms with Crippen molar-refractivity contribution in [1.82, 2.24) is 25.0 Å². The number of piperidine rings is 1. The number of likely N-dealkylation sites (tertiary alicyclic amines) is 1. The van der Waals surface area contributed by atoms with E-state index in [1.807, 2.05) is 23.9 Å². The van der Waals surface area contributed by atoms with Gasteiger partial charge in [-0.25, -0.2) is 9.67 Å². The first kappa shape index (κ1) is 22.6. The molecular weight excluding hydrogens is 410 g/mol. The van der Waals surface area contributed by atoms with Gasteiger partial charge in [-0.2, -0.15) is 5.10 Å². The maximum absolute atomic E-state index is 11.8. The fraction of sp³-hybridized carbons (Fsp3) is 0.667. The summed E-state index contributed by atoms with van der Waals surface area (Å²) in [5, 5.41) is 9.18. The van der Waals surface area contributed by atoms with Crippen molar-refractivity contribution in [2.75, 3.05) is 26.2 Å². The first-order valence-electron chi connectivity index (χ1n) is 13.0. The van der Waals surface area contributed by atoms with E-state index < -0.39 is 0 Å². The molecule has 6 rings (SSSR count). The molecule has 1 saturated heterocycles. The third-order valence-corrected chi connectivity index (χ3v) is 8.62. The Morgan fingerprint density at radius 2 is 2.09 bits per heavy atom. The summed E-state index contributed by atoms with van der Waals surface area (Å²) in [7, 11) is 0. The van der Waals surface area contributed by atoms with E-state index in [0.29, 0.717) is 30.8 Å². The molecule has 4 aliphatic rings. The molecule has 3 heterocycles. The summed E-state index contributed by atoms with van der Waals surface area (Å²) in [4.78, 5) is 19.1. The lowest BCUT2D eigenvalue weighted by atomic mass is 9.49. The highest BCUT2D eigenvalue weighted by molar-refractivity contribution is 5.79. The molecule has 6 heteroatoms. The molecule has 2 unspecified atom stereocenters. The highest BCUT2D eigenvalue weighted by Crippen LogP contribution is 2.59. The molecule has 1 saturated carbocycles. The van der Waals surface area contributed by atoms with E-state index in [-0.39, 0.29) is 5.91 Å². The van der Waals surface area contributed by atoms with Crippen LogP contribution in [0.1, 0.15) is 70.9 Å². The molecule has 3 aliphatic carbocycles. The molecule has 1 N–H and O–H groups in total. The molecule has 0 radical (unpaired) electrons. The molecule has 1 aliphatic heterocycles. The quantitative estimate of drug-likeness (QED) is 0.602. The molecule has 2 aromatic heterocycles. The molecule has 2 atom stereocenters. The zero-order valence-corrected chi connectivity index (χ0v) is 20.5. The summed E-state index contributed by atoms with van der Waals surface area (Å²) in [6.45, 7) is 11.6. The number of hydrogen-bond donors (Lipinski definition) is 1. The summed E-state index contributed by atoms with van der Waals surface area (Å²) in [5.74, 6) is 2.31. The van der Waals surface area contributed by atoms with E-state index in [1.54, 1.807) is 5.57 Å². The summed E-state index contributed by atoms with van der Waals surface area (Å²) in [6, 6.07) is 4.17. The van der Waals surface area contributed by atoms with Gasteiger partial charge < -0.3 is 5.32 Å². The minimum absolute atomic E-state index is 0.114. The van der Waals surface area contributed by atoms with E-state index in [0.717, 1.165) is 56.4 Å². The predicted octanol–water partition coefficient (Wildman–Crippen LogP) is 4.52. The molecule has 33 heavy (non-hydrogen) atoms. The molecule has 1 amide bonds. The van der Waals surface area contributed by atoms with Gasteiger partial charge in [-0.3, -0.25) is 9.69 Å². The van der Waals surface area contributed by atoms with E-state index in [1.165, 1.54) is 23.9 Å². The second kappa shape index (κ2) is 9.21. The van der Waals surface area contributed by atoms with Gasteiger partial charge in [0.1, 0.15) is 0 Å². The minimum atomic E-state index is 0.114. The summed E-state index contributed by atoms with van der Waals surface area (Å²) < 4.78 is 1.99. The van der Waals surface area contributed by atoms with Gasteiger partial charge in [-0.05, 0) is 74.6 Å². The molecule has 178 valence electrons. The minimum Gasteiger partial charge on any atom is -0.354 e. The maximum Gasteiger partial charge on any atom is 0.220 e. The zero-order chi connectivity index (χ0) is 23.0. The van der Waals surface area contributed by atoms with Crippen molar-refractivity contribution in [3.8, 4) is 0 Å². The van der Waals surface area contributed by atoms with Crippen molar-refractivity contribution >= 4 is 16.9 Å². The second-order valence-electron chi connectivity index (χ2n) is 11.0. The van der Waals surface area contributed by atoms with Crippen LogP contribution in [-0.4, -0.2) is 51.8 Å². The summed E-state index contributed by atoms with van der Waals surface area (Å²) in [5.41, 5.74) is 4.34. The van der Waals surface area contributed by atoms with E-state index in [9.17, 15) is 4.79 Å². The number of nitrogens with one attached hydrogen (secondary N) is 1. The predicted molar refractivity (Wildman–Crippen MR) is 132 cm³/mol. The van der Waals surface area contributed by atoms with Gasteiger partial charge in [0.25, 0.3) is 0 Å². The van der Waals surface area contributed by atoms with Crippen molar-refractivity contribution in [3.05, 3.63) is 35.7 Å². The Kier molecular flexibility index (Phi) is 6.30. The average Bonchev–Trinajstić information content (AvgIpc) is 3.18. The monoisotopic (exact) mass is 449 g/mol. The Morgan fingerprint density at radius 1 is 1.27 bits per heavy atom. The Balaban J connectivity index is 1.22. The van der Waals surface area contributed by atoms with Crippen LogP contribution in [-0.2, 0) is 11.3 Å². The summed E-state index contributed by atoms with van der Waals surface area (Å²) >= 11 is 0. The van der Waals surface area contributed by atoms with Crippen molar-refractivity contribution in [3.63, 3.8) is 0 Å². The average molecular weight is 450 g/mol. The van der Waals surface area contributed by atoms with Crippen molar-refractivity contribution in [2.45, 2.75) is 71.8 Å².